The zero-order valence-electron chi connectivity index (χ0n) is 13.5. The van der Waals surface area contributed by atoms with E-state index in [1.165, 1.54) is 25.8 Å². The number of rotatable bonds is 7. The Morgan fingerprint density at radius 3 is 2.63 bits per heavy atom. The molecule has 2 unspecified atom stereocenters. The van der Waals surface area contributed by atoms with Crippen LogP contribution in [-0.4, -0.2) is 43.8 Å². The number of morpholine rings is 1. The first-order chi connectivity index (χ1) is 8.99. The molecular weight excluding hydrogens is 236 g/mol. The van der Waals surface area contributed by atoms with Gasteiger partial charge in [-0.2, -0.15) is 0 Å². The van der Waals surface area contributed by atoms with Gasteiger partial charge < -0.3 is 10.5 Å². The summed E-state index contributed by atoms with van der Waals surface area (Å²) in [5.74, 6) is 0.749. The van der Waals surface area contributed by atoms with Crippen molar-refractivity contribution in [1.82, 2.24) is 4.90 Å². The van der Waals surface area contributed by atoms with Gasteiger partial charge in [-0.25, -0.2) is 0 Å². The summed E-state index contributed by atoms with van der Waals surface area (Å²) < 4.78 is 5.57. The van der Waals surface area contributed by atoms with Crippen LogP contribution in [0.2, 0.25) is 0 Å². The summed E-state index contributed by atoms with van der Waals surface area (Å²) in [6.07, 6.45) is 4.95. The van der Waals surface area contributed by atoms with E-state index in [0.717, 1.165) is 38.6 Å². The third kappa shape index (κ3) is 5.80. The maximum atomic E-state index is 5.76. The van der Waals surface area contributed by atoms with Crippen molar-refractivity contribution < 1.29 is 4.74 Å². The summed E-state index contributed by atoms with van der Waals surface area (Å²) in [6, 6.07) is 0.636. The van der Waals surface area contributed by atoms with E-state index in [1.54, 1.807) is 0 Å². The van der Waals surface area contributed by atoms with E-state index in [0.29, 0.717) is 11.5 Å². The molecule has 0 aromatic carbocycles. The first-order valence-electron chi connectivity index (χ1n) is 8.01. The van der Waals surface area contributed by atoms with Gasteiger partial charge in [0.1, 0.15) is 0 Å². The van der Waals surface area contributed by atoms with Crippen molar-refractivity contribution >= 4 is 0 Å². The predicted molar refractivity (Wildman–Crippen MR) is 82.3 cm³/mol. The lowest BCUT2D eigenvalue weighted by molar-refractivity contribution is -0.0102. The van der Waals surface area contributed by atoms with Crippen LogP contribution in [0.4, 0.5) is 0 Å². The summed E-state index contributed by atoms with van der Waals surface area (Å²) in [5.41, 5.74) is 6.14. The van der Waals surface area contributed by atoms with Crippen LogP contribution in [0.25, 0.3) is 0 Å². The molecule has 3 heteroatoms. The SMILES string of the molecule is CCC1COCCN1CCCC(CCN)C(C)(C)C. The fourth-order valence-electron chi connectivity index (χ4n) is 3.11. The molecule has 0 spiro atoms. The molecule has 2 atom stereocenters. The van der Waals surface area contributed by atoms with Crippen molar-refractivity contribution in [2.75, 3.05) is 32.8 Å². The summed E-state index contributed by atoms with van der Waals surface area (Å²) in [4.78, 5) is 2.62. The maximum Gasteiger partial charge on any atom is 0.0622 e. The normalized spacial score (nSPS) is 23.5. The fourth-order valence-corrected chi connectivity index (χ4v) is 3.11. The van der Waals surface area contributed by atoms with Crippen LogP contribution in [-0.2, 0) is 4.74 Å². The molecule has 1 saturated heterocycles. The van der Waals surface area contributed by atoms with Crippen LogP contribution in [0.15, 0.2) is 0 Å². The van der Waals surface area contributed by atoms with Gasteiger partial charge in [0, 0.05) is 12.6 Å². The second-order valence-electron chi connectivity index (χ2n) is 6.96. The standard InChI is InChI=1S/C16H34N2O/c1-5-15-13-19-12-11-18(15)10-6-7-14(8-9-17)16(2,3)4/h14-15H,5-13,17H2,1-4H3. The zero-order valence-corrected chi connectivity index (χ0v) is 13.5. The first-order valence-corrected chi connectivity index (χ1v) is 8.01. The van der Waals surface area contributed by atoms with Crippen LogP contribution < -0.4 is 5.73 Å². The van der Waals surface area contributed by atoms with E-state index in [2.05, 4.69) is 32.6 Å². The Bertz CT molecular complexity index is 237. The average Bonchev–Trinajstić information content (AvgIpc) is 2.37. The highest BCUT2D eigenvalue weighted by Gasteiger charge is 2.25. The molecule has 3 nitrogen and oxygen atoms in total. The van der Waals surface area contributed by atoms with Crippen LogP contribution in [0.5, 0.6) is 0 Å². The molecule has 0 amide bonds. The highest BCUT2D eigenvalue weighted by atomic mass is 16.5. The highest BCUT2D eigenvalue weighted by Crippen LogP contribution is 2.32. The second-order valence-corrected chi connectivity index (χ2v) is 6.96. The molecule has 19 heavy (non-hydrogen) atoms. The topological polar surface area (TPSA) is 38.5 Å². The molecule has 1 rings (SSSR count). The molecule has 2 N–H and O–H groups in total. The highest BCUT2D eigenvalue weighted by molar-refractivity contribution is 4.77. The molecule has 0 radical (unpaired) electrons. The summed E-state index contributed by atoms with van der Waals surface area (Å²) in [5, 5.41) is 0. The summed E-state index contributed by atoms with van der Waals surface area (Å²) in [6.45, 7) is 14.3. The van der Waals surface area contributed by atoms with Gasteiger partial charge in [-0.15, -0.1) is 0 Å². The number of nitrogens with two attached hydrogens (primary N) is 1. The van der Waals surface area contributed by atoms with Crippen LogP contribution >= 0.6 is 0 Å². The van der Waals surface area contributed by atoms with Crippen molar-refractivity contribution in [3.8, 4) is 0 Å². The zero-order chi connectivity index (χ0) is 14.3. The smallest absolute Gasteiger partial charge is 0.0622 e. The number of hydrogen-bond acceptors (Lipinski definition) is 3. The molecule has 0 saturated carbocycles. The second kappa shape index (κ2) is 8.23. The molecule has 0 aliphatic carbocycles. The van der Waals surface area contributed by atoms with Crippen LogP contribution in [0.3, 0.4) is 0 Å². The lowest BCUT2D eigenvalue weighted by atomic mass is 9.76. The predicted octanol–water partition coefficient (Wildman–Crippen LogP) is 2.89. The van der Waals surface area contributed by atoms with Crippen molar-refractivity contribution in [2.45, 2.75) is 59.4 Å². The summed E-state index contributed by atoms with van der Waals surface area (Å²) >= 11 is 0. The van der Waals surface area contributed by atoms with Crippen molar-refractivity contribution in [2.24, 2.45) is 17.1 Å². The minimum Gasteiger partial charge on any atom is -0.378 e. The van der Waals surface area contributed by atoms with Gasteiger partial charge in [0.25, 0.3) is 0 Å². The molecule has 1 heterocycles. The Morgan fingerprint density at radius 1 is 1.32 bits per heavy atom. The lowest BCUT2D eigenvalue weighted by Gasteiger charge is -2.36. The molecule has 1 fully saturated rings. The largest absolute Gasteiger partial charge is 0.378 e. The molecular formula is C16H34N2O. The first kappa shape index (κ1) is 16.9. The Morgan fingerprint density at radius 2 is 2.05 bits per heavy atom. The summed E-state index contributed by atoms with van der Waals surface area (Å²) in [7, 11) is 0. The maximum absolute atomic E-state index is 5.76. The van der Waals surface area contributed by atoms with E-state index >= 15 is 0 Å². The Hall–Kier alpha value is -0.120. The third-order valence-electron chi connectivity index (χ3n) is 4.56. The quantitative estimate of drug-likeness (QED) is 0.773. The molecule has 1 aliphatic rings. The van der Waals surface area contributed by atoms with E-state index in [1.807, 2.05) is 0 Å². The van der Waals surface area contributed by atoms with Gasteiger partial charge >= 0.3 is 0 Å². The Balaban J connectivity index is 2.34. The fraction of sp³-hybridized carbons (Fsp3) is 1.00. The Kier molecular flexibility index (Phi) is 7.33. The minimum atomic E-state index is 0.383. The van der Waals surface area contributed by atoms with Gasteiger partial charge in [-0.1, -0.05) is 27.7 Å². The molecule has 0 aromatic heterocycles. The molecule has 0 aromatic rings. The van der Waals surface area contributed by atoms with Gasteiger partial charge in [0.15, 0.2) is 0 Å². The Labute approximate surface area is 119 Å². The van der Waals surface area contributed by atoms with Crippen LogP contribution in [0, 0.1) is 11.3 Å². The minimum absolute atomic E-state index is 0.383. The van der Waals surface area contributed by atoms with Crippen molar-refractivity contribution in [3.63, 3.8) is 0 Å². The van der Waals surface area contributed by atoms with Gasteiger partial charge in [0.2, 0.25) is 0 Å². The van der Waals surface area contributed by atoms with E-state index in [-0.39, 0.29) is 0 Å². The van der Waals surface area contributed by atoms with E-state index in [4.69, 9.17) is 10.5 Å². The van der Waals surface area contributed by atoms with Gasteiger partial charge in [-0.3, -0.25) is 4.90 Å². The van der Waals surface area contributed by atoms with Crippen molar-refractivity contribution in [1.29, 1.82) is 0 Å². The third-order valence-corrected chi connectivity index (χ3v) is 4.56. The van der Waals surface area contributed by atoms with Crippen LogP contribution in [0.1, 0.15) is 53.4 Å². The molecule has 0 bridgehead atoms. The molecule has 114 valence electrons. The van der Waals surface area contributed by atoms with Crippen molar-refractivity contribution in [3.05, 3.63) is 0 Å². The number of nitrogens with zero attached hydrogens (tertiary/aromatic N) is 1. The van der Waals surface area contributed by atoms with Gasteiger partial charge in [0.05, 0.1) is 13.2 Å². The molecule has 1 aliphatic heterocycles. The van der Waals surface area contributed by atoms with E-state index in [9.17, 15) is 0 Å². The van der Waals surface area contributed by atoms with Gasteiger partial charge in [-0.05, 0) is 50.1 Å². The monoisotopic (exact) mass is 270 g/mol. The number of hydrogen-bond donors (Lipinski definition) is 1. The average molecular weight is 270 g/mol. The lowest BCUT2D eigenvalue weighted by Crippen LogP contribution is -2.45. The number of ether oxygens (including phenoxy) is 1. The van der Waals surface area contributed by atoms with E-state index < -0.39 is 0 Å².